The van der Waals surface area contributed by atoms with E-state index in [1.807, 2.05) is 6.07 Å². The van der Waals surface area contributed by atoms with Crippen molar-refractivity contribution in [1.29, 1.82) is 5.26 Å². The van der Waals surface area contributed by atoms with Crippen molar-refractivity contribution < 1.29 is 8.42 Å². The molecule has 0 fully saturated rings. The summed E-state index contributed by atoms with van der Waals surface area (Å²) in [5.74, 6) is 0. The van der Waals surface area contributed by atoms with Gasteiger partial charge in [-0.1, -0.05) is 6.07 Å². The van der Waals surface area contributed by atoms with Crippen LogP contribution >= 0.6 is 0 Å². The average Bonchev–Trinajstić information content (AvgIpc) is 2.38. The number of rotatable bonds is 3. The third kappa shape index (κ3) is 2.81. The van der Waals surface area contributed by atoms with Gasteiger partial charge in [-0.2, -0.15) is 5.26 Å². The van der Waals surface area contributed by atoms with Crippen molar-refractivity contribution in [2.75, 3.05) is 10.5 Å². The molecular weight excluding hydrogens is 264 g/mol. The van der Waals surface area contributed by atoms with Gasteiger partial charge in [-0.25, -0.2) is 8.42 Å². The normalized spacial score (nSPS) is 10.7. The molecule has 0 bridgehead atoms. The molecule has 0 atom stereocenters. The van der Waals surface area contributed by atoms with Gasteiger partial charge in [0.15, 0.2) is 0 Å². The molecule has 0 unspecified atom stereocenters. The van der Waals surface area contributed by atoms with Gasteiger partial charge < -0.3 is 5.73 Å². The van der Waals surface area contributed by atoms with Crippen molar-refractivity contribution in [2.24, 2.45) is 0 Å². The van der Waals surface area contributed by atoms with Crippen molar-refractivity contribution in [1.82, 2.24) is 4.98 Å². The molecule has 2 aromatic rings. The first-order valence-electron chi connectivity index (χ1n) is 5.25. The van der Waals surface area contributed by atoms with Crippen molar-refractivity contribution in [3.63, 3.8) is 0 Å². The van der Waals surface area contributed by atoms with E-state index in [9.17, 15) is 8.42 Å². The fourth-order valence-electron chi connectivity index (χ4n) is 1.48. The number of nitriles is 1. The summed E-state index contributed by atoms with van der Waals surface area (Å²) < 4.78 is 26.6. The monoisotopic (exact) mass is 274 g/mol. The van der Waals surface area contributed by atoms with Crippen LogP contribution < -0.4 is 10.5 Å². The number of pyridine rings is 1. The van der Waals surface area contributed by atoms with Gasteiger partial charge in [0.25, 0.3) is 10.0 Å². The molecule has 0 spiro atoms. The topological polar surface area (TPSA) is 109 Å². The Bertz CT molecular complexity index is 750. The van der Waals surface area contributed by atoms with Gasteiger partial charge in [-0.05, 0) is 24.3 Å². The van der Waals surface area contributed by atoms with Crippen LogP contribution in [0.15, 0.2) is 47.6 Å². The minimum absolute atomic E-state index is 0.0997. The molecule has 6 nitrogen and oxygen atoms in total. The zero-order chi connectivity index (χ0) is 13.9. The number of sulfonamides is 1. The van der Waals surface area contributed by atoms with E-state index in [0.29, 0.717) is 11.3 Å². The maximum atomic E-state index is 12.1. The van der Waals surface area contributed by atoms with E-state index in [4.69, 9.17) is 11.0 Å². The third-order valence-corrected chi connectivity index (χ3v) is 3.77. The zero-order valence-corrected chi connectivity index (χ0v) is 10.6. The molecule has 19 heavy (non-hydrogen) atoms. The molecule has 0 aliphatic carbocycles. The number of hydrogen-bond acceptors (Lipinski definition) is 5. The first-order valence-corrected chi connectivity index (χ1v) is 6.74. The Morgan fingerprint density at radius 3 is 2.79 bits per heavy atom. The lowest BCUT2D eigenvalue weighted by molar-refractivity contribution is 0.601. The van der Waals surface area contributed by atoms with Crippen LogP contribution in [0.3, 0.4) is 0 Å². The van der Waals surface area contributed by atoms with Crippen molar-refractivity contribution in [3.8, 4) is 6.07 Å². The maximum Gasteiger partial charge on any atom is 0.265 e. The molecular formula is C12H10N4O2S. The lowest BCUT2D eigenvalue weighted by atomic mass is 10.2. The van der Waals surface area contributed by atoms with E-state index >= 15 is 0 Å². The molecule has 0 radical (unpaired) electrons. The summed E-state index contributed by atoms with van der Waals surface area (Å²) in [6.07, 6.45) is 2.58. The van der Waals surface area contributed by atoms with Gasteiger partial charge in [0.05, 0.1) is 23.0 Å². The summed E-state index contributed by atoms with van der Waals surface area (Å²) >= 11 is 0. The standard InChI is InChI=1S/C12H10N4O2S/c13-7-9-2-1-3-10(6-9)16-19(17,18)12-8-15-5-4-11(12)14/h1-6,8,16H,(H2,14,15). The number of anilines is 2. The van der Waals surface area contributed by atoms with Gasteiger partial charge in [-0.15, -0.1) is 0 Å². The highest BCUT2D eigenvalue weighted by Gasteiger charge is 2.17. The first-order chi connectivity index (χ1) is 9.03. The predicted molar refractivity (Wildman–Crippen MR) is 70.6 cm³/mol. The Morgan fingerprint density at radius 2 is 2.11 bits per heavy atom. The average molecular weight is 274 g/mol. The lowest BCUT2D eigenvalue weighted by Gasteiger charge is -2.09. The second kappa shape index (κ2) is 4.96. The molecule has 0 saturated carbocycles. The Hall–Kier alpha value is -2.59. The highest BCUT2D eigenvalue weighted by Crippen LogP contribution is 2.20. The highest BCUT2D eigenvalue weighted by atomic mass is 32.2. The minimum Gasteiger partial charge on any atom is -0.398 e. The molecule has 7 heteroatoms. The van der Waals surface area contributed by atoms with Crippen LogP contribution in [0.1, 0.15) is 5.56 Å². The Morgan fingerprint density at radius 1 is 1.32 bits per heavy atom. The van der Waals surface area contributed by atoms with Crippen LogP contribution in [0, 0.1) is 11.3 Å². The van der Waals surface area contributed by atoms with Crippen molar-refractivity contribution >= 4 is 21.4 Å². The largest absolute Gasteiger partial charge is 0.398 e. The van der Waals surface area contributed by atoms with E-state index in [1.54, 1.807) is 18.2 Å². The summed E-state index contributed by atoms with van der Waals surface area (Å²) in [4.78, 5) is 3.64. The summed E-state index contributed by atoms with van der Waals surface area (Å²) in [7, 11) is -3.82. The number of nitrogens with two attached hydrogens (primary N) is 1. The third-order valence-electron chi connectivity index (χ3n) is 2.35. The van der Waals surface area contributed by atoms with E-state index in [1.165, 1.54) is 24.5 Å². The van der Waals surface area contributed by atoms with Gasteiger partial charge in [-0.3, -0.25) is 9.71 Å². The van der Waals surface area contributed by atoms with E-state index in [0.717, 1.165) is 0 Å². The highest BCUT2D eigenvalue weighted by molar-refractivity contribution is 7.92. The summed E-state index contributed by atoms with van der Waals surface area (Å²) in [6.45, 7) is 0. The summed E-state index contributed by atoms with van der Waals surface area (Å²) in [6, 6.07) is 9.48. The van der Waals surface area contributed by atoms with Crippen LogP contribution in [-0.4, -0.2) is 13.4 Å². The number of nitrogens with one attached hydrogen (secondary N) is 1. The Balaban J connectivity index is 2.37. The lowest BCUT2D eigenvalue weighted by Crippen LogP contribution is -2.15. The summed E-state index contributed by atoms with van der Waals surface area (Å²) in [5.41, 5.74) is 6.37. The molecule has 96 valence electrons. The fraction of sp³-hybridized carbons (Fsp3) is 0. The number of hydrogen-bond donors (Lipinski definition) is 2. The van der Waals surface area contributed by atoms with Gasteiger partial charge in [0, 0.05) is 12.4 Å². The molecule has 1 aromatic heterocycles. The maximum absolute atomic E-state index is 12.1. The first kappa shape index (κ1) is 12.9. The fourth-order valence-corrected chi connectivity index (χ4v) is 2.60. The quantitative estimate of drug-likeness (QED) is 0.877. The van der Waals surface area contributed by atoms with Gasteiger partial charge in [0.2, 0.25) is 0 Å². The number of nitrogens with zero attached hydrogens (tertiary/aromatic N) is 2. The zero-order valence-electron chi connectivity index (χ0n) is 9.74. The van der Waals surface area contributed by atoms with E-state index in [-0.39, 0.29) is 10.6 Å². The van der Waals surface area contributed by atoms with Crippen molar-refractivity contribution in [3.05, 3.63) is 48.3 Å². The van der Waals surface area contributed by atoms with E-state index < -0.39 is 10.0 Å². The Kier molecular flexibility index (Phi) is 3.35. The molecule has 1 heterocycles. The molecule has 1 aromatic carbocycles. The molecule has 0 aliphatic rings. The number of nitrogen functional groups attached to an aromatic ring is 1. The van der Waals surface area contributed by atoms with Gasteiger partial charge >= 0.3 is 0 Å². The smallest absolute Gasteiger partial charge is 0.265 e. The van der Waals surface area contributed by atoms with Crippen LogP contribution in [0.25, 0.3) is 0 Å². The SMILES string of the molecule is N#Cc1cccc(NS(=O)(=O)c2cnccc2N)c1. The molecule has 2 rings (SSSR count). The van der Waals surface area contributed by atoms with Crippen LogP contribution in [0.5, 0.6) is 0 Å². The van der Waals surface area contributed by atoms with Crippen LogP contribution in [0.2, 0.25) is 0 Å². The second-order valence-corrected chi connectivity index (χ2v) is 5.36. The van der Waals surface area contributed by atoms with Crippen LogP contribution in [-0.2, 0) is 10.0 Å². The van der Waals surface area contributed by atoms with Crippen LogP contribution in [0.4, 0.5) is 11.4 Å². The molecule has 3 N–H and O–H groups in total. The molecule has 0 saturated heterocycles. The Labute approximate surface area is 110 Å². The molecule has 0 amide bonds. The summed E-state index contributed by atoms with van der Waals surface area (Å²) in [5, 5.41) is 8.76. The van der Waals surface area contributed by atoms with Gasteiger partial charge in [0.1, 0.15) is 4.90 Å². The number of aromatic nitrogens is 1. The minimum atomic E-state index is -3.82. The van der Waals surface area contributed by atoms with Crippen molar-refractivity contribution in [2.45, 2.75) is 4.90 Å². The predicted octanol–water partition coefficient (Wildman–Crippen LogP) is 1.34. The molecule has 0 aliphatic heterocycles. The second-order valence-electron chi connectivity index (χ2n) is 3.71. The van der Waals surface area contributed by atoms with E-state index in [2.05, 4.69) is 9.71 Å². The number of benzene rings is 1.